The van der Waals surface area contributed by atoms with Crippen molar-refractivity contribution in [1.29, 1.82) is 0 Å². The van der Waals surface area contributed by atoms with Crippen molar-refractivity contribution in [1.82, 2.24) is 4.98 Å². The van der Waals surface area contributed by atoms with Crippen LogP contribution in [0.2, 0.25) is 5.02 Å². The highest BCUT2D eigenvalue weighted by Crippen LogP contribution is 2.21. The van der Waals surface area contributed by atoms with Crippen molar-refractivity contribution in [3.05, 3.63) is 53.4 Å². The molecular formula is C14H11ClN2O2. The molecule has 0 saturated heterocycles. The zero-order valence-corrected chi connectivity index (χ0v) is 10.7. The molecule has 0 radical (unpaired) electrons. The first-order valence-corrected chi connectivity index (χ1v) is 6.12. The number of oxazole rings is 1. The van der Waals surface area contributed by atoms with E-state index in [4.69, 9.17) is 26.5 Å². The number of rotatable bonds is 3. The molecule has 0 amide bonds. The van der Waals surface area contributed by atoms with Crippen molar-refractivity contribution in [2.24, 2.45) is 0 Å². The fraction of sp³-hybridized carbons (Fsp3) is 0.0714. The van der Waals surface area contributed by atoms with Crippen molar-refractivity contribution in [2.75, 3.05) is 5.73 Å². The van der Waals surface area contributed by atoms with Crippen molar-refractivity contribution in [3.63, 3.8) is 0 Å². The van der Waals surface area contributed by atoms with Gasteiger partial charge in [-0.1, -0.05) is 17.7 Å². The number of fused-ring (bicyclic) bond motifs is 1. The topological polar surface area (TPSA) is 61.3 Å². The molecule has 0 aliphatic heterocycles. The van der Waals surface area contributed by atoms with E-state index in [9.17, 15) is 0 Å². The number of hydrogen-bond donors (Lipinski definition) is 1. The molecule has 2 aromatic carbocycles. The van der Waals surface area contributed by atoms with Gasteiger partial charge in [0.15, 0.2) is 12.2 Å². The molecule has 0 aliphatic rings. The summed E-state index contributed by atoms with van der Waals surface area (Å²) in [6.07, 6.45) is 0. The number of anilines is 1. The summed E-state index contributed by atoms with van der Waals surface area (Å²) in [6.45, 7) is 0.245. The van der Waals surface area contributed by atoms with Crippen LogP contribution in [0, 0.1) is 0 Å². The summed E-state index contributed by atoms with van der Waals surface area (Å²) in [7, 11) is 0. The highest BCUT2D eigenvalue weighted by molar-refractivity contribution is 6.30. The van der Waals surface area contributed by atoms with Gasteiger partial charge in [0.05, 0.1) is 0 Å². The van der Waals surface area contributed by atoms with E-state index in [1.54, 1.807) is 30.3 Å². The first kappa shape index (κ1) is 11.9. The van der Waals surface area contributed by atoms with Crippen LogP contribution in [-0.4, -0.2) is 4.98 Å². The van der Waals surface area contributed by atoms with Crippen LogP contribution < -0.4 is 10.5 Å². The zero-order chi connectivity index (χ0) is 13.2. The third-order valence-electron chi connectivity index (χ3n) is 2.61. The van der Waals surface area contributed by atoms with Crippen LogP contribution in [0.25, 0.3) is 11.1 Å². The van der Waals surface area contributed by atoms with E-state index < -0.39 is 0 Å². The van der Waals surface area contributed by atoms with Gasteiger partial charge in [0.25, 0.3) is 0 Å². The molecule has 0 bridgehead atoms. The molecule has 0 unspecified atom stereocenters. The van der Waals surface area contributed by atoms with Crippen LogP contribution in [0.5, 0.6) is 5.75 Å². The number of benzene rings is 2. The Morgan fingerprint density at radius 1 is 1.21 bits per heavy atom. The van der Waals surface area contributed by atoms with Gasteiger partial charge in [0.1, 0.15) is 11.3 Å². The summed E-state index contributed by atoms with van der Waals surface area (Å²) >= 11 is 5.88. The highest BCUT2D eigenvalue weighted by atomic mass is 35.5. The van der Waals surface area contributed by atoms with E-state index in [2.05, 4.69) is 4.98 Å². The average Bonchev–Trinajstić information content (AvgIpc) is 2.78. The molecular weight excluding hydrogens is 264 g/mol. The smallest absolute Gasteiger partial charge is 0.233 e. The van der Waals surface area contributed by atoms with E-state index in [1.807, 2.05) is 12.1 Å². The minimum Gasteiger partial charge on any atom is -0.484 e. The zero-order valence-electron chi connectivity index (χ0n) is 9.97. The van der Waals surface area contributed by atoms with Gasteiger partial charge in [-0.05, 0) is 36.4 Å². The van der Waals surface area contributed by atoms with Crippen LogP contribution in [0.1, 0.15) is 5.89 Å². The van der Waals surface area contributed by atoms with Gasteiger partial charge in [-0.25, -0.2) is 4.98 Å². The van der Waals surface area contributed by atoms with Crippen LogP contribution in [-0.2, 0) is 6.61 Å². The van der Waals surface area contributed by atoms with Crippen LogP contribution in [0.3, 0.4) is 0 Å². The molecule has 19 heavy (non-hydrogen) atoms. The number of nitrogens with two attached hydrogens (primary N) is 1. The largest absolute Gasteiger partial charge is 0.484 e. The molecule has 0 atom stereocenters. The van der Waals surface area contributed by atoms with Gasteiger partial charge in [-0.3, -0.25) is 0 Å². The van der Waals surface area contributed by atoms with Crippen molar-refractivity contribution in [2.45, 2.75) is 6.61 Å². The predicted molar refractivity (Wildman–Crippen MR) is 74.2 cm³/mol. The van der Waals surface area contributed by atoms with Crippen molar-refractivity contribution in [3.8, 4) is 5.75 Å². The van der Waals surface area contributed by atoms with Gasteiger partial charge < -0.3 is 14.9 Å². The standard InChI is InChI=1S/C14H11ClN2O2/c15-9-2-1-3-11(6-9)18-8-14-17-12-7-10(16)4-5-13(12)19-14/h1-7H,8,16H2. The van der Waals surface area contributed by atoms with Gasteiger partial charge in [-0.15, -0.1) is 0 Å². The Bertz CT molecular complexity index is 724. The maximum Gasteiger partial charge on any atom is 0.233 e. The summed E-state index contributed by atoms with van der Waals surface area (Å²) in [6, 6.07) is 12.5. The third kappa shape index (κ3) is 2.63. The molecule has 0 spiro atoms. The second-order valence-corrected chi connectivity index (χ2v) is 4.52. The lowest BCUT2D eigenvalue weighted by molar-refractivity contribution is 0.267. The molecule has 3 rings (SSSR count). The normalized spacial score (nSPS) is 10.8. The lowest BCUT2D eigenvalue weighted by Gasteiger charge is -2.02. The highest BCUT2D eigenvalue weighted by Gasteiger charge is 2.06. The molecule has 2 N–H and O–H groups in total. The number of nitrogen functional groups attached to an aromatic ring is 1. The third-order valence-corrected chi connectivity index (χ3v) is 2.85. The fourth-order valence-corrected chi connectivity index (χ4v) is 1.94. The van der Waals surface area contributed by atoms with E-state index in [0.29, 0.717) is 27.9 Å². The van der Waals surface area contributed by atoms with E-state index >= 15 is 0 Å². The van der Waals surface area contributed by atoms with Gasteiger partial charge in [0, 0.05) is 10.7 Å². The Balaban J connectivity index is 1.78. The molecule has 0 aliphatic carbocycles. The Morgan fingerprint density at radius 2 is 2.11 bits per heavy atom. The fourth-order valence-electron chi connectivity index (χ4n) is 1.76. The molecule has 0 fully saturated rings. The molecule has 5 heteroatoms. The van der Waals surface area contributed by atoms with E-state index in [1.165, 1.54) is 0 Å². The Kier molecular flexibility index (Phi) is 3.01. The van der Waals surface area contributed by atoms with E-state index in [-0.39, 0.29) is 6.61 Å². The summed E-state index contributed by atoms with van der Waals surface area (Å²) in [5.41, 5.74) is 7.76. The maximum atomic E-state index is 5.88. The monoisotopic (exact) mass is 274 g/mol. The molecule has 1 aromatic heterocycles. The van der Waals surface area contributed by atoms with Crippen LogP contribution in [0.4, 0.5) is 5.69 Å². The number of nitrogens with zero attached hydrogens (tertiary/aromatic N) is 1. The van der Waals surface area contributed by atoms with Gasteiger partial charge in [-0.2, -0.15) is 0 Å². The number of ether oxygens (including phenoxy) is 1. The first-order chi connectivity index (χ1) is 9.20. The van der Waals surface area contributed by atoms with Crippen LogP contribution in [0.15, 0.2) is 46.9 Å². The summed E-state index contributed by atoms with van der Waals surface area (Å²) in [4.78, 5) is 4.31. The minimum absolute atomic E-state index is 0.245. The summed E-state index contributed by atoms with van der Waals surface area (Å²) in [5, 5.41) is 0.628. The second-order valence-electron chi connectivity index (χ2n) is 4.08. The Morgan fingerprint density at radius 3 is 2.95 bits per heavy atom. The van der Waals surface area contributed by atoms with E-state index in [0.717, 1.165) is 5.52 Å². The van der Waals surface area contributed by atoms with Crippen LogP contribution >= 0.6 is 11.6 Å². The SMILES string of the molecule is Nc1ccc2oc(COc3cccc(Cl)c3)nc2c1. The maximum absolute atomic E-state index is 5.88. The lowest BCUT2D eigenvalue weighted by atomic mass is 10.3. The molecule has 1 heterocycles. The molecule has 4 nitrogen and oxygen atoms in total. The first-order valence-electron chi connectivity index (χ1n) is 5.74. The number of aromatic nitrogens is 1. The predicted octanol–water partition coefficient (Wildman–Crippen LogP) is 3.64. The lowest BCUT2D eigenvalue weighted by Crippen LogP contribution is -1.95. The molecule has 3 aromatic rings. The molecule has 0 saturated carbocycles. The molecule has 96 valence electrons. The second kappa shape index (κ2) is 4.82. The average molecular weight is 275 g/mol. The van der Waals surface area contributed by atoms with Crippen molar-refractivity contribution >= 4 is 28.4 Å². The summed E-state index contributed by atoms with van der Waals surface area (Å²) in [5.74, 6) is 1.18. The Labute approximate surface area is 114 Å². The van der Waals surface area contributed by atoms with Crippen molar-refractivity contribution < 1.29 is 9.15 Å². The Hall–Kier alpha value is -2.20. The van der Waals surface area contributed by atoms with Gasteiger partial charge in [0.2, 0.25) is 5.89 Å². The number of halogens is 1. The quantitative estimate of drug-likeness (QED) is 0.741. The summed E-state index contributed by atoms with van der Waals surface area (Å²) < 4.78 is 11.1. The van der Waals surface area contributed by atoms with Gasteiger partial charge >= 0.3 is 0 Å². The number of hydrogen-bond acceptors (Lipinski definition) is 4. The minimum atomic E-state index is 0.245.